The van der Waals surface area contributed by atoms with Gasteiger partial charge in [0.05, 0.1) is 11.2 Å². The third-order valence-electron chi connectivity index (χ3n) is 5.81. The molecule has 3 rings (SSSR count). The molecule has 1 aromatic rings. The molecule has 0 saturated heterocycles. The smallest absolute Gasteiger partial charge is 0.323 e. The van der Waals surface area contributed by atoms with E-state index in [-0.39, 0.29) is 11.5 Å². The van der Waals surface area contributed by atoms with Gasteiger partial charge in [0.15, 0.2) is 0 Å². The molecule has 1 N–H and O–H groups in total. The van der Waals surface area contributed by atoms with Crippen molar-refractivity contribution in [2.75, 3.05) is 20.6 Å². The van der Waals surface area contributed by atoms with Crippen LogP contribution in [0.4, 0.5) is 0 Å². The SMILES string of the molecule is CN(C)CC(c1ccc(OC(=O)C2C=CC=CC2=C=O)cc1)C1(O)CCCCC1. The third kappa shape index (κ3) is 5.13. The first-order chi connectivity index (χ1) is 13.9. The summed E-state index contributed by atoms with van der Waals surface area (Å²) in [5.41, 5.74) is 0.598. The van der Waals surface area contributed by atoms with Gasteiger partial charge < -0.3 is 14.7 Å². The first-order valence-corrected chi connectivity index (χ1v) is 10.2. The van der Waals surface area contributed by atoms with Gasteiger partial charge in [-0.25, -0.2) is 4.79 Å². The number of esters is 1. The standard InChI is InChI=1S/C24H29NO4/c1-25(2)16-22(24(28)14-6-3-7-15-24)18-10-12-20(13-11-18)29-23(27)21-9-5-4-8-19(21)17-26/h4-5,8-13,21-22,28H,3,6-7,14-16H2,1-2H3. The highest BCUT2D eigenvalue weighted by molar-refractivity contribution is 5.85. The number of benzene rings is 1. The molecule has 1 saturated carbocycles. The average Bonchev–Trinajstić information content (AvgIpc) is 2.73. The topological polar surface area (TPSA) is 66.8 Å². The van der Waals surface area contributed by atoms with E-state index in [0.717, 1.165) is 37.8 Å². The normalized spacial score (nSPS) is 21.7. The predicted octanol–water partition coefficient (Wildman–Crippen LogP) is 3.43. The van der Waals surface area contributed by atoms with Gasteiger partial charge in [0.2, 0.25) is 0 Å². The predicted molar refractivity (Wildman–Crippen MR) is 112 cm³/mol. The third-order valence-corrected chi connectivity index (χ3v) is 5.81. The first-order valence-electron chi connectivity index (χ1n) is 10.2. The van der Waals surface area contributed by atoms with Crippen molar-refractivity contribution in [1.82, 2.24) is 4.90 Å². The molecule has 0 aromatic heterocycles. The van der Waals surface area contributed by atoms with Crippen LogP contribution in [0.1, 0.15) is 43.6 Å². The molecule has 2 aliphatic rings. The van der Waals surface area contributed by atoms with Crippen LogP contribution in [0.2, 0.25) is 0 Å². The lowest BCUT2D eigenvalue weighted by Crippen LogP contribution is -2.42. The van der Waals surface area contributed by atoms with Crippen LogP contribution in [-0.4, -0.2) is 48.2 Å². The number of ether oxygens (including phenoxy) is 1. The van der Waals surface area contributed by atoms with Gasteiger partial charge in [0, 0.05) is 12.5 Å². The number of hydrogen-bond acceptors (Lipinski definition) is 5. The van der Waals surface area contributed by atoms with Gasteiger partial charge in [0.25, 0.3) is 0 Å². The van der Waals surface area contributed by atoms with Gasteiger partial charge in [0.1, 0.15) is 17.6 Å². The van der Waals surface area contributed by atoms with Gasteiger partial charge in [-0.05, 0) is 50.7 Å². The summed E-state index contributed by atoms with van der Waals surface area (Å²) in [6.45, 7) is 0.752. The fourth-order valence-corrected chi connectivity index (χ4v) is 4.26. The molecule has 0 aliphatic heterocycles. The van der Waals surface area contributed by atoms with Crippen molar-refractivity contribution >= 4 is 11.9 Å². The molecule has 2 atom stereocenters. The maximum absolute atomic E-state index is 12.4. The first kappa shape index (κ1) is 21.3. The lowest BCUT2D eigenvalue weighted by atomic mass is 9.72. The van der Waals surface area contributed by atoms with E-state index in [1.165, 1.54) is 6.42 Å². The van der Waals surface area contributed by atoms with E-state index in [4.69, 9.17) is 4.74 Å². The highest BCUT2D eigenvalue weighted by Crippen LogP contribution is 2.40. The van der Waals surface area contributed by atoms with Crippen molar-refractivity contribution in [3.63, 3.8) is 0 Å². The van der Waals surface area contributed by atoms with E-state index in [0.29, 0.717) is 5.75 Å². The summed E-state index contributed by atoms with van der Waals surface area (Å²) in [7, 11) is 4.03. The molecule has 1 fully saturated rings. The Bertz CT molecular complexity index is 825. The van der Waals surface area contributed by atoms with Crippen molar-refractivity contribution in [3.8, 4) is 5.75 Å². The minimum atomic E-state index is -0.735. The zero-order chi connectivity index (χ0) is 20.9. The molecule has 154 valence electrons. The maximum atomic E-state index is 12.4. The number of nitrogens with zero attached hydrogens (tertiary/aromatic N) is 1. The molecule has 1 aromatic carbocycles. The molecule has 2 unspecified atom stereocenters. The molecule has 0 spiro atoms. The van der Waals surface area contributed by atoms with Crippen LogP contribution in [-0.2, 0) is 9.59 Å². The van der Waals surface area contributed by atoms with Gasteiger partial charge in [-0.2, -0.15) is 0 Å². The lowest BCUT2D eigenvalue weighted by Gasteiger charge is -2.40. The summed E-state index contributed by atoms with van der Waals surface area (Å²) in [4.78, 5) is 25.6. The molecule has 29 heavy (non-hydrogen) atoms. The number of hydrogen-bond donors (Lipinski definition) is 1. The van der Waals surface area contributed by atoms with E-state index in [1.807, 2.05) is 26.2 Å². The van der Waals surface area contributed by atoms with Crippen molar-refractivity contribution in [1.29, 1.82) is 0 Å². The van der Waals surface area contributed by atoms with E-state index < -0.39 is 17.5 Å². The Kier molecular flexibility index (Phi) is 6.86. The minimum absolute atomic E-state index is 0.00133. The van der Waals surface area contributed by atoms with Crippen LogP contribution in [0.5, 0.6) is 5.75 Å². The van der Waals surface area contributed by atoms with Crippen molar-refractivity contribution in [2.45, 2.75) is 43.6 Å². The molecule has 0 heterocycles. The number of carbonyl (C=O) groups is 1. The Balaban J connectivity index is 1.75. The fourth-order valence-electron chi connectivity index (χ4n) is 4.26. The Morgan fingerprint density at radius 3 is 2.52 bits per heavy atom. The monoisotopic (exact) mass is 395 g/mol. The quantitative estimate of drug-likeness (QED) is 0.454. The number of carbonyl (C=O) groups excluding carboxylic acids is 2. The fraction of sp³-hybridized carbons (Fsp3) is 0.458. The van der Waals surface area contributed by atoms with Crippen molar-refractivity contribution < 1.29 is 19.4 Å². The second kappa shape index (κ2) is 9.36. The largest absolute Gasteiger partial charge is 0.426 e. The minimum Gasteiger partial charge on any atom is -0.426 e. The lowest BCUT2D eigenvalue weighted by molar-refractivity contribution is -0.136. The van der Waals surface area contributed by atoms with Gasteiger partial charge in [-0.3, -0.25) is 4.79 Å². The van der Waals surface area contributed by atoms with Gasteiger partial charge in [-0.1, -0.05) is 49.6 Å². The molecule has 0 bridgehead atoms. The summed E-state index contributed by atoms with van der Waals surface area (Å²) in [5, 5.41) is 11.3. The van der Waals surface area contributed by atoms with E-state index in [9.17, 15) is 14.7 Å². The molecular formula is C24H29NO4. The van der Waals surface area contributed by atoms with Crippen LogP contribution in [0.25, 0.3) is 0 Å². The zero-order valence-corrected chi connectivity index (χ0v) is 17.1. The summed E-state index contributed by atoms with van der Waals surface area (Å²) in [5.74, 6) is 0.978. The van der Waals surface area contributed by atoms with Crippen molar-refractivity contribution in [2.24, 2.45) is 5.92 Å². The molecule has 0 amide bonds. The molecule has 5 nitrogen and oxygen atoms in total. The van der Waals surface area contributed by atoms with Gasteiger partial charge >= 0.3 is 5.97 Å². The van der Waals surface area contributed by atoms with Crippen molar-refractivity contribution in [3.05, 3.63) is 59.7 Å². The van der Waals surface area contributed by atoms with Crippen LogP contribution in [0, 0.1) is 5.92 Å². The highest BCUT2D eigenvalue weighted by atomic mass is 16.5. The molecule has 5 heteroatoms. The van der Waals surface area contributed by atoms with Gasteiger partial charge in [-0.15, -0.1) is 0 Å². The van der Waals surface area contributed by atoms with E-state index in [1.54, 1.807) is 42.4 Å². The Morgan fingerprint density at radius 2 is 1.90 bits per heavy atom. The molecular weight excluding hydrogens is 366 g/mol. The number of aliphatic hydroxyl groups is 1. The second-order valence-electron chi connectivity index (χ2n) is 8.25. The summed E-state index contributed by atoms with van der Waals surface area (Å²) < 4.78 is 5.48. The van der Waals surface area contributed by atoms with E-state index in [2.05, 4.69) is 4.90 Å². The number of likely N-dealkylation sites (N-methyl/N-ethyl adjacent to an activating group) is 1. The van der Waals surface area contributed by atoms with E-state index >= 15 is 0 Å². The molecule has 2 aliphatic carbocycles. The zero-order valence-electron chi connectivity index (χ0n) is 17.1. The summed E-state index contributed by atoms with van der Waals surface area (Å²) >= 11 is 0. The summed E-state index contributed by atoms with van der Waals surface area (Å²) in [6.07, 6.45) is 11.5. The van der Waals surface area contributed by atoms with Crippen LogP contribution in [0.15, 0.2) is 54.1 Å². The molecule has 0 radical (unpaired) electrons. The average molecular weight is 395 g/mol. The Morgan fingerprint density at radius 1 is 1.21 bits per heavy atom. The van der Waals surface area contributed by atoms with Crippen LogP contribution < -0.4 is 4.74 Å². The maximum Gasteiger partial charge on any atom is 0.323 e. The van der Waals surface area contributed by atoms with Crippen LogP contribution in [0.3, 0.4) is 0 Å². The van der Waals surface area contributed by atoms with Crippen LogP contribution >= 0.6 is 0 Å². The number of rotatable bonds is 6. The summed E-state index contributed by atoms with van der Waals surface area (Å²) in [6, 6.07) is 7.37. The Labute approximate surface area is 172 Å². The highest BCUT2D eigenvalue weighted by Gasteiger charge is 2.38. The number of allylic oxidation sites excluding steroid dienone is 3. The Hall–Kier alpha value is -2.46. The second-order valence-corrected chi connectivity index (χ2v) is 8.25.